The first kappa shape index (κ1) is 16.8. The number of carbonyl (C=O) groups is 2. The van der Waals surface area contributed by atoms with Gasteiger partial charge in [-0.3, -0.25) is 14.3 Å². The molecule has 2 amide bonds. The molecule has 1 fully saturated rings. The molecule has 3 N–H and O–H groups in total. The van der Waals surface area contributed by atoms with Crippen LogP contribution in [0.1, 0.15) is 36.9 Å². The smallest absolute Gasteiger partial charge is 0.248 e. The lowest BCUT2D eigenvalue weighted by molar-refractivity contribution is -0.132. The highest BCUT2D eigenvalue weighted by atomic mass is 16.2. The van der Waals surface area contributed by atoms with E-state index in [0.717, 1.165) is 29.9 Å². The molecular weight excluding hydrogens is 330 g/mol. The van der Waals surface area contributed by atoms with Crippen molar-refractivity contribution in [3.8, 4) is 0 Å². The zero-order chi connectivity index (χ0) is 18.1. The van der Waals surface area contributed by atoms with Crippen molar-refractivity contribution in [2.24, 2.45) is 0 Å². The van der Waals surface area contributed by atoms with Gasteiger partial charge in [0.1, 0.15) is 5.54 Å². The molecule has 1 unspecified atom stereocenters. The van der Waals surface area contributed by atoms with E-state index >= 15 is 0 Å². The molecule has 1 saturated heterocycles. The fourth-order valence-corrected chi connectivity index (χ4v) is 3.86. The van der Waals surface area contributed by atoms with Gasteiger partial charge in [-0.15, -0.1) is 0 Å². The van der Waals surface area contributed by atoms with Gasteiger partial charge in [-0.05, 0) is 56.1 Å². The van der Waals surface area contributed by atoms with E-state index in [1.165, 1.54) is 0 Å². The number of carbonyl (C=O) groups excluding carboxylic acids is 2. The predicted molar refractivity (Wildman–Crippen MR) is 97.6 cm³/mol. The molecule has 0 bridgehead atoms. The number of fused-ring (bicyclic) bond motifs is 1. The van der Waals surface area contributed by atoms with Gasteiger partial charge in [0.15, 0.2) is 0 Å². The number of piperidine rings is 1. The Labute approximate surface area is 152 Å². The van der Waals surface area contributed by atoms with E-state index in [1.54, 1.807) is 10.9 Å². The summed E-state index contributed by atoms with van der Waals surface area (Å²) in [5.41, 5.74) is 2.19. The van der Waals surface area contributed by atoms with Crippen LogP contribution in [0.15, 0.2) is 36.7 Å². The molecule has 4 rings (SSSR count). The first-order valence-electron chi connectivity index (χ1n) is 9.03. The third-order valence-electron chi connectivity index (χ3n) is 5.40. The topological polar surface area (TPSA) is 88.1 Å². The van der Waals surface area contributed by atoms with Gasteiger partial charge in [0.25, 0.3) is 0 Å². The minimum atomic E-state index is -0.655. The highest BCUT2D eigenvalue weighted by molar-refractivity contribution is 5.99. The lowest BCUT2D eigenvalue weighted by Crippen LogP contribution is -2.55. The maximum absolute atomic E-state index is 13.2. The number of rotatable bonds is 4. The van der Waals surface area contributed by atoms with Crippen molar-refractivity contribution >= 4 is 17.5 Å². The Kier molecular flexibility index (Phi) is 4.24. The van der Waals surface area contributed by atoms with Gasteiger partial charge in [-0.25, -0.2) is 0 Å². The Morgan fingerprint density at radius 3 is 2.88 bits per heavy atom. The fourth-order valence-electron chi connectivity index (χ4n) is 3.86. The second kappa shape index (κ2) is 6.57. The normalized spacial score (nSPS) is 19.5. The van der Waals surface area contributed by atoms with Gasteiger partial charge >= 0.3 is 0 Å². The molecule has 7 nitrogen and oxygen atoms in total. The molecule has 0 radical (unpaired) electrons. The summed E-state index contributed by atoms with van der Waals surface area (Å²) in [4.78, 5) is 24.8. The average molecular weight is 353 g/mol. The molecule has 1 atom stereocenters. The third-order valence-corrected chi connectivity index (χ3v) is 5.40. The van der Waals surface area contributed by atoms with Gasteiger partial charge in [0.05, 0.1) is 12.5 Å². The Morgan fingerprint density at radius 1 is 1.35 bits per heavy atom. The minimum Gasteiger partial charge on any atom is -0.347 e. The molecule has 0 spiro atoms. The van der Waals surface area contributed by atoms with Crippen molar-refractivity contribution < 1.29 is 9.59 Å². The summed E-state index contributed by atoms with van der Waals surface area (Å²) in [7, 11) is 0. The molecule has 0 saturated carbocycles. The van der Waals surface area contributed by atoms with Crippen LogP contribution in [0.25, 0.3) is 0 Å². The number of hydrogen-bond donors (Lipinski definition) is 3. The van der Waals surface area contributed by atoms with E-state index in [-0.39, 0.29) is 17.9 Å². The fraction of sp³-hybridized carbons (Fsp3) is 0.421. The zero-order valence-electron chi connectivity index (χ0n) is 14.8. The molecule has 7 heteroatoms. The molecule has 1 aromatic carbocycles. The molecule has 1 aromatic heterocycles. The summed E-state index contributed by atoms with van der Waals surface area (Å²) in [5, 5.41) is 13.7. The van der Waals surface area contributed by atoms with Crippen molar-refractivity contribution in [1.82, 2.24) is 20.4 Å². The van der Waals surface area contributed by atoms with Gasteiger partial charge < -0.3 is 16.0 Å². The Hall–Kier alpha value is -2.67. The van der Waals surface area contributed by atoms with Crippen LogP contribution in [0, 0.1) is 0 Å². The van der Waals surface area contributed by atoms with Crippen LogP contribution in [0.3, 0.4) is 0 Å². The number of anilines is 1. The Balaban J connectivity index is 1.55. The van der Waals surface area contributed by atoms with Crippen LogP contribution in [0.5, 0.6) is 0 Å². The van der Waals surface area contributed by atoms with Gasteiger partial charge in [0, 0.05) is 18.1 Å². The van der Waals surface area contributed by atoms with E-state index in [2.05, 4.69) is 21.0 Å². The molecule has 2 aromatic rings. The second-order valence-corrected chi connectivity index (χ2v) is 7.07. The number of nitrogens with one attached hydrogen (secondary N) is 3. The Bertz CT molecular complexity index is 824. The highest BCUT2D eigenvalue weighted by Crippen LogP contribution is 2.30. The summed E-state index contributed by atoms with van der Waals surface area (Å²) in [5.74, 6) is 0.00563. The lowest BCUT2D eigenvalue weighted by Gasteiger charge is -2.37. The zero-order valence-corrected chi connectivity index (χ0v) is 14.8. The van der Waals surface area contributed by atoms with Crippen molar-refractivity contribution in [3.63, 3.8) is 0 Å². The van der Waals surface area contributed by atoms with Crippen LogP contribution < -0.4 is 16.0 Å². The lowest BCUT2D eigenvalue weighted by atomic mass is 9.87. The SMILES string of the molecule is CC(NC(=O)C1(n2cccn2)CCNCC1)c1ccc2c(c1)CC(=O)N2. The molecule has 0 aliphatic carbocycles. The monoisotopic (exact) mass is 353 g/mol. The standard InChI is InChI=1S/C19H23N5O2/c1-13(14-3-4-16-15(11-14)12-17(25)23-16)22-18(26)19(5-8-20-9-6-19)24-10-2-7-21-24/h2-4,7,10-11,13,20H,5-6,8-9,12H2,1H3,(H,22,26)(H,23,25). The van der Waals surface area contributed by atoms with Crippen molar-refractivity contribution in [1.29, 1.82) is 0 Å². The maximum Gasteiger partial charge on any atom is 0.248 e. The minimum absolute atomic E-state index is 0.00935. The number of benzene rings is 1. The molecule has 26 heavy (non-hydrogen) atoms. The number of aromatic nitrogens is 2. The number of nitrogens with zero attached hydrogens (tertiary/aromatic N) is 2. The first-order valence-corrected chi connectivity index (χ1v) is 9.03. The van der Waals surface area contributed by atoms with E-state index in [1.807, 2.05) is 37.4 Å². The maximum atomic E-state index is 13.2. The van der Waals surface area contributed by atoms with E-state index in [9.17, 15) is 9.59 Å². The van der Waals surface area contributed by atoms with Crippen LogP contribution in [-0.2, 0) is 21.5 Å². The average Bonchev–Trinajstić information content (AvgIpc) is 3.30. The molecule has 2 aliphatic heterocycles. The molecule has 2 aliphatic rings. The van der Waals surface area contributed by atoms with Crippen LogP contribution in [0.2, 0.25) is 0 Å². The van der Waals surface area contributed by atoms with E-state index < -0.39 is 5.54 Å². The van der Waals surface area contributed by atoms with Crippen LogP contribution in [-0.4, -0.2) is 34.7 Å². The van der Waals surface area contributed by atoms with Crippen molar-refractivity contribution in [2.45, 2.75) is 37.8 Å². The van der Waals surface area contributed by atoms with E-state index in [4.69, 9.17) is 0 Å². The second-order valence-electron chi connectivity index (χ2n) is 7.07. The number of hydrogen-bond acceptors (Lipinski definition) is 4. The van der Waals surface area contributed by atoms with Crippen LogP contribution >= 0.6 is 0 Å². The summed E-state index contributed by atoms with van der Waals surface area (Å²) in [6.45, 7) is 3.55. The molecule has 136 valence electrons. The largest absolute Gasteiger partial charge is 0.347 e. The summed E-state index contributed by atoms with van der Waals surface area (Å²) >= 11 is 0. The predicted octanol–water partition coefficient (Wildman–Crippen LogP) is 1.33. The van der Waals surface area contributed by atoms with Crippen molar-refractivity contribution in [3.05, 3.63) is 47.8 Å². The summed E-state index contributed by atoms with van der Waals surface area (Å²) < 4.78 is 1.79. The molecular formula is C19H23N5O2. The highest BCUT2D eigenvalue weighted by Gasteiger charge is 2.42. The third kappa shape index (κ3) is 2.88. The van der Waals surface area contributed by atoms with Gasteiger partial charge in [-0.1, -0.05) is 12.1 Å². The van der Waals surface area contributed by atoms with Crippen LogP contribution in [0.4, 0.5) is 5.69 Å². The van der Waals surface area contributed by atoms with Gasteiger partial charge in [0.2, 0.25) is 11.8 Å². The quantitative estimate of drug-likeness (QED) is 0.774. The number of amides is 2. The van der Waals surface area contributed by atoms with Crippen molar-refractivity contribution in [2.75, 3.05) is 18.4 Å². The molecule has 3 heterocycles. The summed E-state index contributed by atoms with van der Waals surface area (Å²) in [6.07, 6.45) is 5.38. The Morgan fingerprint density at radius 2 is 2.15 bits per heavy atom. The van der Waals surface area contributed by atoms with Gasteiger partial charge in [-0.2, -0.15) is 5.10 Å². The summed E-state index contributed by atoms with van der Waals surface area (Å²) in [6, 6.07) is 7.57. The van der Waals surface area contributed by atoms with E-state index in [0.29, 0.717) is 19.3 Å². The first-order chi connectivity index (χ1) is 12.6.